The summed E-state index contributed by atoms with van der Waals surface area (Å²) in [6, 6.07) is 1.78. The van der Waals surface area contributed by atoms with Crippen LogP contribution in [0.5, 0.6) is 0 Å². The quantitative estimate of drug-likeness (QED) is 0.776. The number of amides is 1. The van der Waals surface area contributed by atoms with E-state index in [9.17, 15) is 4.79 Å². The molecule has 1 fully saturated rings. The van der Waals surface area contributed by atoms with E-state index in [0.29, 0.717) is 17.4 Å². The minimum atomic E-state index is 0.0380. The van der Waals surface area contributed by atoms with Gasteiger partial charge in [-0.15, -0.1) is 0 Å². The second kappa shape index (κ2) is 6.60. The zero-order valence-electron chi connectivity index (χ0n) is 10.9. The van der Waals surface area contributed by atoms with Crippen molar-refractivity contribution in [3.63, 3.8) is 0 Å². The SMILES string of the molecule is CC1CN(C(=O)c2cncc(C#CCN)c2)CCS1. The fraction of sp³-hybridized carbons (Fsp3) is 0.429. The minimum Gasteiger partial charge on any atom is -0.337 e. The van der Waals surface area contributed by atoms with Crippen LogP contribution < -0.4 is 5.73 Å². The molecule has 0 saturated carbocycles. The third-order valence-electron chi connectivity index (χ3n) is 2.85. The van der Waals surface area contributed by atoms with Crippen molar-refractivity contribution in [2.75, 3.05) is 25.4 Å². The fourth-order valence-corrected chi connectivity index (χ4v) is 2.98. The zero-order chi connectivity index (χ0) is 13.7. The summed E-state index contributed by atoms with van der Waals surface area (Å²) in [6.45, 7) is 4.04. The van der Waals surface area contributed by atoms with Gasteiger partial charge in [0.05, 0.1) is 12.1 Å². The highest BCUT2D eigenvalue weighted by atomic mass is 32.2. The van der Waals surface area contributed by atoms with E-state index >= 15 is 0 Å². The Labute approximate surface area is 117 Å². The number of hydrogen-bond donors (Lipinski definition) is 1. The van der Waals surface area contributed by atoms with E-state index in [4.69, 9.17) is 5.73 Å². The molecular weight excluding hydrogens is 258 g/mol. The van der Waals surface area contributed by atoms with Gasteiger partial charge in [-0.2, -0.15) is 11.8 Å². The molecule has 1 amide bonds. The van der Waals surface area contributed by atoms with E-state index in [-0.39, 0.29) is 5.91 Å². The Morgan fingerprint density at radius 1 is 1.63 bits per heavy atom. The molecule has 2 rings (SSSR count). The van der Waals surface area contributed by atoms with E-state index in [1.54, 1.807) is 18.5 Å². The molecule has 2 N–H and O–H groups in total. The van der Waals surface area contributed by atoms with Gasteiger partial charge in [-0.1, -0.05) is 18.8 Å². The molecule has 4 nitrogen and oxygen atoms in total. The lowest BCUT2D eigenvalue weighted by Gasteiger charge is -2.30. The Balaban J connectivity index is 2.14. The Hall–Kier alpha value is -1.51. The molecule has 0 radical (unpaired) electrons. The summed E-state index contributed by atoms with van der Waals surface area (Å²) in [6.07, 6.45) is 3.25. The van der Waals surface area contributed by atoms with Gasteiger partial charge < -0.3 is 10.6 Å². The molecule has 2 heterocycles. The van der Waals surface area contributed by atoms with Gasteiger partial charge in [0.25, 0.3) is 5.91 Å². The Morgan fingerprint density at radius 2 is 2.47 bits per heavy atom. The highest BCUT2D eigenvalue weighted by Crippen LogP contribution is 2.19. The van der Waals surface area contributed by atoms with E-state index in [0.717, 1.165) is 24.4 Å². The number of thioether (sulfide) groups is 1. The highest BCUT2D eigenvalue weighted by molar-refractivity contribution is 7.99. The van der Waals surface area contributed by atoms with E-state index in [1.165, 1.54) is 0 Å². The largest absolute Gasteiger partial charge is 0.337 e. The zero-order valence-corrected chi connectivity index (χ0v) is 11.7. The Morgan fingerprint density at radius 3 is 3.21 bits per heavy atom. The smallest absolute Gasteiger partial charge is 0.255 e. The van der Waals surface area contributed by atoms with Gasteiger partial charge in [0.1, 0.15) is 0 Å². The number of hydrogen-bond acceptors (Lipinski definition) is 4. The summed E-state index contributed by atoms with van der Waals surface area (Å²) in [5.41, 5.74) is 6.67. The van der Waals surface area contributed by atoms with E-state index in [2.05, 4.69) is 23.7 Å². The maximum Gasteiger partial charge on any atom is 0.255 e. The molecule has 0 aromatic carbocycles. The molecule has 0 bridgehead atoms. The molecule has 1 aliphatic rings. The number of rotatable bonds is 1. The summed E-state index contributed by atoms with van der Waals surface area (Å²) in [5.74, 6) is 6.70. The van der Waals surface area contributed by atoms with Crippen molar-refractivity contribution in [3.8, 4) is 11.8 Å². The van der Waals surface area contributed by atoms with Crippen molar-refractivity contribution in [1.29, 1.82) is 0 Å². The van der Waals surface area contributed by atoms with Gasteiger partial charge in [-0.3, -0.25) is 9.78 Å². The van der Waals surface area contributed by atoms with Gasteiger partial charge in [0, 0.05) is 42.0 Å². The molecule has 19 heavy (non-hydrogen) atoms. The fourth-order valence-electron chi connectivity index (χ4n) is 1.96. The van der Waals surface area contributed by atoms with Crippen molar-refractivity contribution >= 4 is 17.7 Å². The minimum absolute atomic E-state index is 0.0380. The van der Waals surface area contributed by atoms with E-state index < -0.39 is 0 Å². The molecule has 1 aromatic rings. The van der Waals surface area contributed by atoms with Gasteiger partial charge in [-0.05, 0) is 6.07 Å². The Bertz CT molecular complexity index is 521. The lowest BCUT2D eigenvalue weighted by molar-refractivity contribution is 0.0762. The first-order chi connectivity index (χ1) is 9.20. The van der Waals surface area contributed by atoms with E-state index in [1.807, 2.05) is 16.7 Å². The molecule has 1 aromatic heterocycles. The third-order valence-corrected chi connectivity index (χ3v) is 3.98. The van der Waals surface area contributed by atoms with Crippen LogP contribution in [0.2, 0.25) is 0 Å². The predicted molar refractivity (Wildman–Crippen MR) is 78.0 cm³/mol. The topological polar surface area (TPSA) is 59.2 Å². The van der Waals surface area contributed by atoms with Crippen molar-refractivity contribution in [1.82, 2.24) is 9.88 Å². The van der Waals surface area contributed by atoms with Crippen molar-refractivity contribution in [2.45, 2.75) is 12.2 Å². The summed E-state index contributed by atoms with van der Waals surface area (Å²) >= 11 is 1.90. The van der Waals surface area contributed by atoms with Crippen LogP contribution >= 0.6 is 11.8 Å². The maximum absolute atomic E-state index is 12.4. The lowest BCUT2D eigenvalue weighted by Crippen LogP contribution is -2.41. The average molecular weight is 275 g/mol. The van der Waals surface area contributed by atoms with Crippen LogP contribution in [0.3, 0.4) is 0 Å². The molecule has 1 aliphatic heterocycles. The highest BCUT2D eigenvalue weighted by Gasteiger charge is 2.22. The van der Waals surface area contributed by atoms with Crippen LogP contribution in [-0.2, 0) is 0 Å². The number of carbonyl (C=O) groups is 1. The van der Waals surface area contributed by atoms with Gasteiger partial charge in [-0.25, -0.2) is 0 Å². The molecule has 5 heteroatoms. The average Bonchev–Trinajstić information content (AvgIpc) is 2.44. The predicted octanol–water partition coefficient (Wildman–Crippen LogP) is 0.969. The van der Waals surface area contributed by atoms with Gasteiger partial charge in [0.2, 0.25) is 0 Å². The van der Waals surface area contributed by atoms with Gasteiger partial charge >= 0.3 is 0 Å². The molecule has 0 spiro atoms. The first-order valence-corrected chi connectivity index (χ1v) is 7.30. The normalized spacial score (nSPS) is 18.6. The van der Waals surface area contributed by atoms with Gasteiger partial charge in [0.15, 0.2) is 0 Å². The van der Waals surface area contributed by atoms with Crippen LogP contribution in [0.4, 0.5) is 0 Å². The third kappa shape index (κ3) is 3.72. The number of aromatic nitrogens is 1. The summed E-state index contributed by atoms with van der Waals surface area (Å²) in [7, 11) is 0. The second-order valence-electron chi connectivity index (χ2n) is 4.40. The van der Waals surface area contributed by atoms with Crippen molar-refractivity contribution in [2.24, 2.45) is 5.73 Å². The number of carbonyl (C=O) groups excluding carboxylic acids is 1. The second-order valence-corrected chi connectivity index (χ2v) is 5.95. The molecule has 0 aliphatic carbocycles. The maximum atomic E-state index is 12.4. The molecule has 1 unspecified atom stereocenters. The van der Waals surface area contributed by atoms with Crippen LogP contribution in [0.1, 0.15) is 22.8 Å². The number of pyridine rings is 1. The first-order valence-electron chi connectivity index (χ1n) is 6.25. The molecular formula is C14H17N3OS. The number of nitrogens with two attached hydrogens (primary N) is 1. The van der Waals surface area contributed by atoms with Crippen molar-refractivity contribution < 1.29 is 4.79 Å². The lowest BCUT2D eigenvalue weighted by atomic mass is 10.2. The molecule has 1 saturated heterocycles. The summed E-state index contributed by atoms with van der Waals surface area (Å²) < 4.78 is 0. The number of nitrogens with zero attached hydrogens (tertiary/aromatic N) is 2. The summed E-state index contributed by atoms with van der Waals surface area (Å²) in [5, 5.41) is 0.492. The summed E-state index contributed by atoms with van der Waals surface area (Å²) in [4.78, 5) is 18.3. The van der Waals surface area contributed by atoms with Crippen LogP contribution in [0, 0.1) is 11.8 Å². The monoisotopic (exact) mass is 275 g/mol. The van der Waals surface area contributed by atoms with Crippen molar-refractivity contribution in [3.05, 3.63) is 29.6 Å². The molecule has 100 valence electrons. The first kappa shape index (κ1) is 13.9. The van der Waals surface area contributed by atoms with Crippen LogP contribution in [0.25, 0.3) is 0 Å². The Kier molecular flexibility index (Phi) is 4.83. The molecule has 1 atom stereocenters. The van der Waals surface area contributed by atoms with Crippen LogP contribution in [-0.4, -0.2) is 46.4 Å². The van der Waals surface area contributed by atoms with Crippen LogP contribution in [0.15, 0.2) is 18.5 Å². The standard InChI is InChI=1S/C14H17N3OS/c1-11-10-17(5-6-19-11)14(18)13-7-12(3-2-4-15)8-16-9-13/h7-9,11H,4-6,10,15H2,1H3.